The normalized spacial score (nSPS) is 18.0. The summed E-state index contributed by atoms with van der Waals surface area (Å²) in [5.41, 5.74) is 5.84. The van der Waals surface area contributed by atoms with Crippen molar-refractivity contribution < 1.29 is 14.7 Å². The van der Waals surface area contributed by atoms with Gasteiger partial charge in [-0.3, -0.25) is 9.59 Å². The van der Waals surface area contributed by atoms with E-state index in [2.05, 4.69) is 26.9 Å². The summed E-state index contributed by atoms with van der Waals surface area (Å²) in [6.45, 7) is 2.31. The van der Waals surface area contributed by atoms with Gasteiger partial charge in [-0.1, -0.05) is 24.0 Å². The summed E-state index contributed by atoms with van der Waals surface area (Å²) in [5.74, 6) is 5.15. The van der Waals surface area contributed by atoms with Gasteiger partial charge in [-0.15, -0.1) is 0 Å². The molecule has 31 heavy (non-hydrogen) atoms. The van der Waals surface area contributed by atoms with Gasteiger partial charge in [0.15, 0.2) is 11.6 Å². The lowest BCUT2D eigenvalue weighted by Crippen LogP contribution is -2.37. The van der Waals surface area contributed by atoms with E-state index in [0.29, 0.717) is 23.5 Å². The summed E-state index contributed by atoms with van der Waals surface area (Å²) in [4.78, 5) is 34.2. The first-order chi connectivity index (χ1) is 14.8. The second kappa shape index (κ2) is 7.66. The zero-order chi connectivity index (χ0) is 22.2. The number of carbonyl (C=O) groups is 2. The van der Waals surface area contributed by atoms with Crippen LogP contribution in [0, 0.1) is 18.8 Å². The van der Waals surface area contributed by atoms with Gasteiger partial charge in [0.25, 0.3) is 11.8 Å². The van der Waals surface area contributed by atoms with Crippen LogP contribution in [0.1, 0.15) is 28.2 Å². The van der Waals surface area contributed by atoms with Gasteiger partial charge in [-0.25, -0.2) is 14.6 Å². The number of primary amides is 1. The lowest BCUT2D eigenvalue weighted by molar-refractivity contribution is -0.137. The second-order valence-corrected chi connectivity index (χ2v) is 7.35. The Balaban J connectivity index is 1.74. The monoisotopic (exact) mass is 416 g/mol. The number of likely N-dealkylation sites (N-methyl/N-ethyl adjacent to an activating group) is 1. The molecule has 2 aromatic heterocycles. The van der Waals surface area contributed by atoms with Crippen molar-refractivity contribution >= 4 is 11.8 Å². The number of nitrogens with two attached hydrogens (primary N) is 1. The van der Waals surface area contributed by atoms with Gasteiger partial charge in [0.1, 0.15) is 5.69 Å². The van der Waals surface area contributed by atoms with Crippen molar-refractivity contribution in [3.8, 4) is 29.0 Å². The first-order valence-corrected chi connectivity index (χ1v) is 9.58. The molecule has 0 spiro atoms. The molecular formula is C22H20N6O3. The number of likely N-dealkylation sites (tertiary alicyclic amines) is 1. The molecular weight excluding hydrogens is 396 g/mol. The molecule has 156 valence electrons. The Labute approximate surface area is 178 Å². The molecule has 4 rings (SSSR count). The van der Waals surface area contributed by atoms with Crippen LogP contribution in [-0.2, 0) is 4.79 Å². The Kier molecular flexibility index (Phi) is 5.01. The van der Waals surface area contributed by atoms with Crippen LogP contribution in [0.15, 0.2) is 42.6 Å². The van der Waals surface area contributed by atoms with E-state index < -0.39 is 17.4 Å². The van der Waals surface area contributed by atoms with E-state index >= 15 is 0 Å². The van der Waals surface area contributed by atoms with Crippen LogP contribution < -0.4 is 5.73 Å². The number of carbonyl (C=O) groups excluding carboxylic acids is 2. The van der Waals surface area contributed by atoms with Crippen LogP contribution in [0.2, 0.25) is 0 Å². The van der Waals surface area contributed by atoms with Crippen LogP contribution in [0.5, 0.6) is 0 Å². The Hall–Kier alpha value is -4.03. The minimum atomic E-state index is -1.68. The molecule has 3 aromatic rings. The summed E-state index contributed by atoms with van der Waals surface area (Å²) >= 11 is 0. The predicted molar refractivity (Wildman–Crippen MR) is 112 cm³/mol. The third-order valence-corrected chi connectivity index (χ3v) is 5.06. The molecule has 1 saturated heterocycles. The van der Waals surface area contributed by atoms with Crippen molar-refractivity contribution in [2.45, 2.75) is 18.9 Å². The van der Waals surface area contributed by atoms with Crippen LogP contribution in [0.4, 0.5) is 0 Å². The third-order valence-electron chi connectivity index (χ3n) is 5.06. The number of amides is 2. The zero-order valence-corrected chi connectivity index (χ0v) is 17.0. The maximum absolute atomic E-state index is 12.1. The summed E-state index contributed by atoms with van der Waals surface area (Å²) in [5, 5.41) is 14.7. The molecule has 9 nitrogen and oxygen atoms in total. The van der Waals surface area contributed by atoms with Crippen molar-refractivity contribution in [2.75, 3.05) is 13.6 Å². The molecule has 0 saturated carbocycles. The second-order valence-electron chi connectivity index (χ2n) is 7.35. The summed E-state index contributed by atoms with van der Waals surface area (Å²) < 4.78 is 1.58. The van der Waals surface area contributed by atoms with E-state index in [-0.39, 0.29) is 17.9 Å². The fourth-order valence-corrected chi connectivity index (χ4v) is 3.29. The van der Waals surface area contributed by atoms with Crippen molar-refractivity contribution in [1.82, 2.24) is 24.6 Å². The molecule has 1 aromatic carbocycles. The predicted octanol–water partition coefficient (Wildman–Crippen LogP) is 0.681. The third kappa shape index (κ3) is 3.89. The topological polar surface area (TPSA) is 127 Å². The fraction of sp³-hybridized carbons (Fsp3) is 0.227. The Bertz CT molecular complexity index is 1260. The molecule has 0 aliphatic carbocycles. The number of aliphatic hydroxyl groups is 1. The van der Waals surface area contributed by atoms with Crippen molar-refractivity contribution in [2.24, 2.45) is 5.73 Å². The van der Waals surface area contributed by atoms with Gasteiger partial charge in [-0.2, -0.15) is 5.10 Å². The van der Waals surface area contributed by atoms with Crippen molar-refractivity contribution in [3.63, 3.8) is 0 Å². The van der Waals surface area contributed by atoms with Gasteiger partial charge in [-0.05, 0) is 25.1 Å². The van der Waals surface area contributed by atoms with Gasteiger partial charge in [0.05, 0.1) is 0 Å². The number of hydrogen-bond donors (Lipinski definition) is 2. The van der Waals surface area contributed by atoms with Crippen LogP contribution in [0.25, 0.3) is 17.2 Å². The minimum absolute atomic E-state index is 0.0558. The molecule has 9 heteroatoms. The summed E-state index contributed by atoms with van der Waals surface area (Å²) in [6, 6.07) is 10.3. The van der Waals surface area contributed by atoms with Gasteiger partial charge < -0.3 is 15.7 Å². The van der Waals surface area contributed by atoms with Gasteiger partial charge in [0, 0.05) is 49.1 Å². The van der Waals surface area contributed by atoms with E-state index in [1.165, 1.54) is 11.0 Å². The number of nitrogens with zero attached hydrogens (tertiary/aromatic N) is 5. The number of aromatic nitrogens is 4. The van der Waals surface area contributed by atoms with E-state index in [1.54, 1.807) is 42.2 Å². The average molecular weight is 416 g/mol. The largest absolute Gasteiger partial charge is 0.369 e. The maximum atomic E-state index is 12.1. The van der Waals surface area contributed by atoms with Crippen LogP contribution in [0.3, 0.4) is 0 Å². The lowest BCUT2D eigenvalue weighted by atomic mass is 10.0. The Morgan fingerprint density at radius 1 is 1.26 bits per heavy atom. The zero-order valence-electron chi connectivity index (χ0n) is 17.0. The van der Waals surface area contributed by atoms with E-state index in [1.807, 2.05) is 13.0 Å². The minimum Gasteiger partial charge on any atom is -0.369 e. The highest BCUT2D eigenvalue weighted by Gasteiger charge is 2.42. The molecule has 3 heterocycles. The molecule has 1 fully saturated rings. The number of rotatable bonds is 3. The standard InChI is InChI=1S/C22H20N6O3/c1-14-7-10-24-28(14)18-13-17(19(23)29)25-20(26-18)16-5-3-4-15(12-16)6-8-22(31)9-11-27(2)21(22)30/h3-5,7,10,12-13,31H,9,11H2,1-2H3,(H2,23,29). The lowest BCUT2D eigenvalue weighted by Gasteiger charge is -2.13. The molecule has 2 amide bonds. The number of hydrogen-bond acceptors (Lipinski definition) is 6. The molecule has 0 bridgehead atoms. The molecule has 1 aliphatic heterocycles. The summed E-state index contributed by atoms with van der Waals surface area (Å²) in [6.07, 6.45) is 1.88. The Morgan fingerprint density at radius 3 is 2.71 bits per heavy atom. The van der Waals surface area contributed by atoms with Crippen LogP contribution in [-0.4, -0.2) is 60.8 Å². The SMILES string of the molecule is Cc1ccnn1-c1cc(C(N)=O)nc(-c2cccc(C#CC3(O)CCN(C)C3=O)c2)n1. The molecule has 0 radical (unpaired) electrons. The molecule has 1 atom stereocenters. The highest BCUT2D eigenvalue weighted by atomic mass is 16.3. The van der Waals surface area contributed by atoms with Crippen LogP contribution >= 0.6 is 0 Å². The Morgan fingerprint density at radius 2 is 2.06 bits per heavy atom. The maximum Gasteiger partial charge on any atom is 0.267 e. The molecule has 3 N–H and O–H groups in total. The van der Waals surface area contributed by atoms with E-state index in [4.69, 9.17) is 5.73 Å². The molecule has 1 unspecified atom stereocenters. The van der Waals surface area contributed by atoms with E-state index in [9.17, 15) is 14.7 Å². The smallest absolute Gasteiger partial charge is 0.267 e. The first-order valence-electron chi connectivity index (χ1n) is 9.58. The fourth-order valence-electron chi connectivity index (χ4n) is 3.29. The van der Waals surface area contributed by atoms with Gasteiger partial charge in [0.2, 0.25) is 5.60 Å². The van der Waals surface area contributed by atoms with E-state index in [0.717, 1.165) is 5.69 Å². The highest BCUT2D eigenvalue weighted by Crippen LogP contribution is 2.22. The average Bonchev–Trinajstić information content (AvgIpc) is 3.31. The van der Waals surface area contributed by atoms with Gasteiger partial charge >= 0.3 is 0 Å². The number of aryl methyl sites for hydroxylation is 1. The summed E-state index contributed by atoms with van der Waals surface area (Å²) in [7, 11) is 1.63. The van der Waals surface area contributed by atoms with Crippen molar-refractivity contribution in [1.29, 1.82) is 0 Å². The quantitative estimate of drug-likeness (QED) is 0.605. The first kappa shape index (κ1) is 20.3. The molecule has 1 aliphatic rings. The number of benzene rings is 1. The van der Waals surface area contributed by atoms with Crippen molar-refractivity contribution in [3.05, 3.63) is 59.5 Å². The highest BCUT2D eigenvalue weighted by molar-refractivity contribution is 5.92.